The molecule has 3 heterocycles. The normalized spacial score (nSPS) is 16.2. The van der Waals surface area contributed by atoms with Gasteiger partial charge in [0.1, 0.15) is 0 Å². The molecule has 0 aromatic carbocycles. The van der Waals surface area contributed by atoms with Crippen molar-refractivity contribution < 1.29 is 18.7 Å². The number of carboxylic acids is 1. The van der Waals surface area contributed by atoms with E-state index in [0.29, 0.717) is 28.8 Å². The molecule has 0 aliphatic carbocycles. The van der Waals surface area contributed by atoms with Gasteiger partial charge in [0.15, 0.2) is 10.4 Å². The van der Waals surface area contributed by atoms with Gasteiger partial charge in [-0.2, -0.15) is 0 Å². The first-order chi connectivity index (χ1) is 9.60. The van der Waals surface area contributed by atoms with Crippen LogP contribution >= 0.6 is 15.9 Å². The molecule has 7 nitrogen and oxygen atoms in total. The van der Waals surface area contributed by atoms with Gasteiger partial charge >= 0.3 is 5.97 Å². The number of halogens is 1. The summed E-state index contributed by atoms with van der Waals surface area (Å²) >= 11 is 3.21. The summed E-state index contributed by atoms with van der Waals surface area (Å²) in [5.74, 6) is 0.826. The molecule has 1 fully saturated rings. The first-order valence-corrected chi connectivity index (χ1v) is 6.91. The Labute approximate surface area is 122 Å². The van der Waals surface area contributed by atoms with Crippen LogP contribution in [0, 0.1) is 5.92 Å². The number of hydrogen-bond acceptors (Lipinski definition) is 6. The molecule has 106 valence electrons. The second-order valence-electron chi connectivity index (χ2n) is 4.76. The maximum Gasteiger partial charge on any atom is 0.303 e. The third-order valence-electron chi connectivity index (χ3n) is 3.11. The summed E-state index contributed by atoms with van der Waals surface area (Å²) in [5, 5.41) is 16.6. The van der Waals surface area contributed by atoms with E-state index in [9.17, 15) is 4.79 Å². The van der Waals surface area contributed by atoms with Crippen LogP contribution in [0.4, 0.5) is 0 Å². The highest BCUT2D eigenvalue weighted by molar-refractivity contribution is 9.10. The Morgan fingerprint density at radius 2 is 2.20 bits per heavy atom. The molecule has 0 unspecified atom stereocenters. The van der Waals surface area contributed by atoms with Crippen LogP contribution in [-0.2, 0) is 11.3 Å². The molecule has 1 aliphatic heterocycles. The Kier molecular flexibility index (Phi) is 3.58. The lowest BCUT2D eigenvalue weighted by molar-refractivity contribution is -0.139. The molecule has 1 aliphatic rings. The van der Waals surface area contributed by atoms with Gasteiger partial charge in [-0.15, -0.1) is 10.2 Å². The summed E-state index contributed by atoms with van der Waals surface area (Å²) in [6.07, 6.45) is 0.214. The minimum absolute atomic E-state index is 0.214. The van der Waals surface area contributed by atoms with Crippen molar-refractivity contribution in [3.63, 3.8) is 0 Å². The van der Waals surface area contributed by atoms with Crippen molar-refractivity contribution in [1.82, 2.24) is 15.1 Å². The molecule has 0 saturated carbocycles. The van der Waals surface area contributed by atoms with Crippen LogP contribution in [-0.4, -0.2) is 39.3 Å². The van der Waals surface area contributed by atoms with E-state index >= 15 is 0 Å². The molecule has 0 bridgehead atoms. The number of nitrogens with zero attached hydrogens (tertiary/aromatic N) is 3. The first kappa shape index (κ1) is 13.3. The number of hydrogen-bond donors (Lipinski definition) is 1. The maximum absolute atomic E-state index is 10.6. The molecule has 20 heavy (non-hydrogen) atoms. The predicted octanol–water partition coefficient (Wildman–Crippen LogP) is 2.00. The second kappa shape index (κ2) is 5.37. The molecular formula is C12H12BrN3O4. The smallest absolute Gasteiger partial charge is 0.303 e. The fraction of sp³-hybridized carbons (Fsp3) is 0.417. The molecule has 0 amide bonds. The van der Waals surface area contributed by atoms with Gasteiger partial charge in [-0.05, 0) is 34.0 Å². The Morgan fingerprint density at radius 1 is 1.40 bits per heavy atom. The molecule has 2 aromatic heterocycles. The third kappa shape index (κ3) is 2.91. The van der Waals surface area contributed by atoms with Gasteiger partial charge in [-0.3, -0.25) is 9.69 Å². The van der Waals surface area contributed by atoms with E-state index in [1.54, 1.807) is 12.1 Å². The fourth-order valence-corrected chi connectivity index (χ4v) is 2.53. The van der Waals surface area contributed by atoms with Crippen molar-refractivity contribution in [1.29, 1.82) is 0 Å². The average Bonchev–Trinajstić information content (AvgIpc) is 2.94. The molecule has 1 N–H and O–H groups in total. The molecule has 1 saturated heterocycles. The Morgan fingerprint density at radius 3 is 2.85 bits per heavy atom. The van der Waals surface area contributed by atoms with Crippen molar-refractivity contribution in [2.24, 2.45) is 5.92 Å². The highest BCUT2D eigenvalue weighted by Gasteiger charge is 2.29. The number of likely N-dealkylation sites (tertiary alicyclic amines) is 1. The van der Waals surface area contributed by atoms with Gasteiger partial charge in [-0.25, -0.2) is 0 Å². The summed E-state index contributed by atoms with van der Waals surface area (Å²) in [7, 11) is 0. The van der Waals surface area contributed by atoms with Crippen LogP contribution in [0.3, 0.4) is 0 Å². The summed E-state index contributed by atoms with van der Waals surface area (Å²) in [6.45, 7) is 2.03. The van der Waals surface area contributed by atoms with Gasteiger partial charge < -0.3 is 13.9 Å². The van der Waals surface area contributed by atoms with E-state index in [1.807, 2.05) is 0 Å². The zero-order chi connectivity index (χ0) is 14.1. The topological polar surface area (TPSA) is 92.6 Å². The highest BCUT2D eigenvalue weighted by atomic mass is 79.9. The third-order valence-corrected chi connectivity index (χ3v) is 3.53. The summed E-state index contributed by atoms with van der Waals surface area (Å²) in [4.78, 5) is 12.6. The van der Waals surface area contributed by atoms with E-state index in [-0.39, 0.29) is 12.3 Å². The lowest BCUT2D eigenvalue weighted by Gasteiger charge is -2.37. The summed E-state index contributed by atoms with van der Waals surface area (Å²) in [6, 6.07) is 3.50. The van der Waals surface area contributed by atoms with Crippen molar-refractivity contribution in [3.8, 4) is 11.7 Å². The van der Waals surface area contributed by atoms with Gasteiger partial charge in [0.25, 0.3) is 5.89 Å². The fourth-order valence-electron chi connectivity index (χ4n) is 2.22. The zero-order valence-corrected chi connectivity index (χ0v) is 12.0. The zero-order valence-electron chi connectivity index (χ0n) is 10.5. The Bertz CT molecular complexity index is 618. The molecule has 3 rings (SSSR count). The molecular weight excluding hydrogens is 330 g/mol. The molecule has 8 heteroatoms. The molecule has 0 atom stereocenters. The van der Waals surface area contributed by atoms with Crippen molar-refractivity contribution in [3.05, 3.63) is 22.7 Å². The number of carbonyl (C=O) groups is 1. The quantitative estimate of drug-likeness (QED) is 0.888. The van der Waals surface area contributed by atoms with Gasteiger partial charge in [-0.1, -0.05) is 0 Å². The largest absolute Gasteiger partial charge is 0.481 e. The molecule has 0 spiro atoms. The SMILES string of the molecule is O=C(O)CC1CN(Cc2nnc(-c3ccc(Br)o3)o2)C1. The number of carboxylic acid groups (broad SMARTS) is 1. The van der Waals surface area contributed by atoms with Crippen LogP contribution in [0.5, 0.6) is 0 Å². The monoisotopic (exact) mass is 341 g/mol. The predicted molar refractivity (Wildman–Crippen MR) is 70.7 cm³/mol. The maximum atomic E-state index is 10.6. The standard InChI is InChI=1S/C12H12BrN3O4/c13-9-2-1-8(19-9)12-15-14-10(20-12)6-16-4-7(5-16)3-11(17)18/h1-2,7H,3-6H2,(H,17,18). The molecule has 2 aromatic rings. The van der Waals surface area contributed by atoms with Crippen LogP contribution in [0.25, 0.3) is 11.7 Å². The van der Waals surface area contributed by atoms with Crippen LogP contribution in [0.1, 0.15) is 12.3 Å². The average molecular weight is 342 g/mol. The van der Waals surface area contributed by atoms with Crippen LogP contribution in [0.15, 0.2) is 25.6 Å². The van der Waals surface area contributed by atoms with Crippen molar-refractivity contribution in [2.45, 2.75) is 13.0 Å². The number of rotatable bonds is 5. The minimum atomic E-state index is -0.752. The Hall–Kier alpha value is -1.67. The summed E-state index contributed by atoms with van der Waals surface area (Å²) in [5.41, 5.74) is 0. The van der Waals surface area contributed by atoms with Crippen LogP contribution < -0.4 is 0 Å². The van der Waals surface area contributed by atoms with E-state index in [4.69, 9.17) is 13.9 Å². The molecule has 0 radical (unpaired) electrons. The van der Waals surface area contributed by atoms with Gasteiger partial charge in [0, 0.05) is 13.1 Å². The number of aromatic nitrogens is 2. The van der Waals surface area contributed by atoms with Crippen molar-refractivity contribution in [2.75, 3.05) is 13.1 Å². The number of furan rings is 1. The second-order valence-corrected chi connectivity index (χ2v) is 5.54. The summed E-state index contributed by atoms with van der Waals surface area (Å²) < 4.78 is 11.4. The van der Waals surface area contributed by atoms with E-state index in [0.717, 1.165) is 13.1 Å². The van der Waals surface area contributed by atoms with E-state index < -0.39 is 5.97 Å². The Balaban J connectivity index is 1.55. The lowest BCUT2D eigenvalue weighted by Crippen LogP contribution is -2.46. The van der Waals surface area contributed by atoms with Crippen molar-refractivity contribution >= 4 is 21.9 Å². The lowest BCUT2D eigenvalue weighted by atomic mass is 9.97. The first-order valence-electron chi connectivity index (χ1n) is 6.12. The minimum Gasteiger partial charge on any atom is -0.481 e. The highest BCUT2D eigenvalue weighted by Crippen LogP contribution is 2.25. The van der Waals surface area contributed by atoms with E-state index in [1.165, 1.54) is 0 Å². The van der Waals surface area contributed by atoms with Crippen LogP contribution in [0.2, 0.25) is 0 Å². The van der Waals surface area contributed by atoms with E-state index in [2.05, 4.69) is 31.0 Å². The number of aliphatic carboxylic acids is 1. The van der Waals surface area contributed by atoms with Gasteiger partial charge in [0.05, 0.1) is 13.0 Å². The van der Waals surface area contributed by atoms with Gasteiger partial charge in [0.2, 0.25) is 5.89 Å².